The molecule has 1 saturated heterocycles. The van der Waals surface area contributed by atoms with E-state index in [0.29, 0.717) is 13.0 Å². The van der Waals surface area contributed by atoms with Gasteiger partial charge in [0.05, 0.1) is 5.92 Å². The second-order valence-electron chi connectivity index (χ2n) is 5.17. The molecular weight excluding hydrogens is 228 g/mol. The Kier molecular flexibility index (Phi) is 3.99. The Morgan fingerprint density at radius 1 is 1.44 bits per heavy atom. The fourth-order valence-corrected chi connectivity index (χ4v) is 2.52. The molecule has 1 heterocycles. The number of hydrogen-bond donors (Lipinski definition) is 2. The molecular formula is C14H20N2O2. The maximum atomic E-state index is 11.0. The van der Waals surface area contributed by atoms with Gasteiger partial charge in [-0.05, 0) is 31.6 Å². The van der Waals surface area contributed by atoms with Gasteiger partial charge in [-0.2, -0.15) is 0 Å². The van der Waals surface area contributed by atoms with Crippen LogP contribution in [0.15, 0.2) is 24.3 Å². The standard InChI is InChI=1S/C14H20N2O2/c1-16(2)9-10-5-3-4-6-12(10)13-7-11(8-15-13)14(17)18/h3-6,11,13,15H,7-9H2,1-2H3,(H,17,18). The Labute approximate surface area is 108 Å². The molecule has 4 heteroatoms. The lowest BCUT2D eigenvalue weighted by Gasteiger charge is -2.18. The van der Waals surface area contributed by atoms with Gasteiger partial charge in [-0.3, -0.25) is 4.79 Å². The van der Waals surface area contributed by atoms with Crippen molar-refractivity contribution < 1.29 is 9.90 Å². The molecule has 0 amide bonds. The maximum absolute atomic E-state index is 11.0. The number of carboxylic acid groups (broad SMARTS) is 1. The van der Waals surface area contributed by atoms with Gasteiger partial charge in [0.25, 0.3) is 0 Å². The first-order valence-corrected chi connectivity index (χ1v) is 6.26. The summed E-state index contributed by atoms with van der Waals surface area (Å²) >= 11 is 0. The van der Waals surface area contributed by atoms with Gasteiger partial charge in [-0.25, -0.2) is 0 Å². The van der Waals surface area contributed by atoms with Crippen LogP contribution in [0.2, 0.25) is 0 Å². The number of carbonyl (C=O) groups is 1. The van der Waals surface area contributed by atoms with E-state index in [9.17, 15) is 4.79 Å². The number of rotatable bonds is 4. The van der Waals surface area contributed by atoms with Crippen molar-refractivity contribution in [1.29, 1.82) is 0 Å². The highest BCUT2D eigenvalue weighted by molar-refractivity contribution is 5.70. The van der Waals surface area contributed by atoms with Crippen molar-refractivity contribution in [3.05, 3.63) is 35.4 Å². The average molecular weight is 248 g/mol. The van der Waals surface area contributed by atoms with Gasteiger partial charge in [0.1, 0.15) is 0 Å². The second kappa shape index (κ2) is 5.50. The molecule has 1 aliphatic rings. The summed E-state index contributed by atoms with van der Waals surface area (Å²) in [5.41, 5.74) is 2.50. The molecule has 0 aliphatic carbocycles. The fraction of sp³-hybridized carbons (Fsp3) is 0.500. The highest BCUT2D eigenvalue weighted by Gasteiger charge is 2.30. The van der Waals surface area contributed by atoms with Crippen molar-refractivity contribution in [3.8, 4) is 0 Å². The van der Waals surface area contributed by atoms with Gasteiger partial charge in [-0.15, -0.1) is 0 Å². The van der Waals surface area contributed by atoms with Crippen LogP contribution in [0.4, 0.5) is 0 Å². The van der Waals surface area contributed by atoms with Gasteiger partial charge in [-0.1, -0.05) is 24.3 Å². The van der Waals surface area contributed by atoms with Crippen molar-refractivity contribution in [1.82, 2.24) is 10.2 Å². The first-order valence-electron chi connectivity index (χ1n) is 6.26. The molecule has 1 aromatic carbocycles. The summed E-state index contributed by atoms with van der Waals surface area (Å²) in [6, 6.07) is 8.43. The Hall–Kier alpha value is -1.39. The van der Waals surface area contributed by atoms with Crippen LogP contribution < -0.4 is 5.32 Å². The number of nitrogens with zero attached hydrogens (tertiary/aromatic N) is 1. The minimum atomic E-state index is -0.699. The highest BCUT2D eigenvalue weighted by atomic mass is 16.4. The normalized spacial score (nSPS) is 23.5. The lowest BCUT2D eigenvalue weighted by atomic mass is 9.96. The fourth-order valence-electron chi connectivity index (χ4n) is 2.52. The summed E-state index contributed by atoms with van der Waals surface area (Å²) in [5.74, 6) is -0.961. The minimum Gasteiger partial charge on any atom is -0.481 e. The molecule has 0 bridgehead atoms. The first-order chi connectivity index (χ1) is 8.58. The number of benzene rings is 1. The summed E-state index contributed by atoms with van der Waals surface area (Å²) in [5, 5.41) is 12.4. The largest absolute Gasteiger partial charge is 0.481 e. The van der Waals surface area contributed by atoms with Crippen LogP contribution in [0.1, 0.15) is 23.6 Å². The molecule has 1 aliphatic heterocycles. The Morgan fingerprint density at radius 3 is 2.78 bits per heavy atom. The number of carboxylic acids is 1. The Balaban J connectivity index is 2.16. The molecule has 2 rings (SSSR count). The van der Waals surface area contributed by atoms with Crippen molar-refractivity contribution in [2.75, 3.05) is 20.6 Å². The van der Waals surface area contributed by atoms with E-state index in [0.717, 1.165) is 6.54 Å². The van der Waals surface area contributed by atoms with Crippen molar-refractivity contribution >= 4 is 5.97 Å². The number of aliphatic carboxylic acids is 1. The van der Waals surface area contributed by atoms with Crippen molar-refractivity contribution in [2.24, 2.45) is 5.92 Å². The topological polar surface area (TPSA) is 52.6 Å². The maximum Gasteiger partial charge on any atom is 0.307 e. The molecule has 4 nitrogen and oxygen atoms in total. The van der Waals surface area contributed by atoms with Crippen LogP contribution in [0.5, 0.6) is 0 Å². The van der Waals surface area contributed by atoms with E-state index in [1.165, 1.54) is 11.1 Å². The molecule has 0 radical (unpaired) electrons. The first kappa shape index (κ1) is 13.1. The smallest absolute Gasteiger partial charge is 0.307 e. The number of hydrogen-bond acceptors (Lipinski definition) is 3. The van der Waals surface area contributed by atoms with Crippen LogP contribution >= 0.6 is 0 Å². The zero-order valence-electron chi connectivity index (χ0n) is 10.9. The molecule has 2 unspecified atom stereocenters. The van der Waals surface area contributed by atoms with Gasteiger partial charge in [0.15, 0.2) is 0 Å². The van der Waals surface area contributed by atoms with Gasteiger partial charge in [0, 0.05) is 19.1 Å². The van der Waals surface area contributed by atoms with Crippen LogP contribution in [-0.2, 0) is 11.3 Å². The third-order valence-electron chi connectivity index (χ3n) is 3.40. The highest BCUT2D eigenvalue weighted by Crippen LogP contribution is 2.29. The van der Waals surface area contributed by atoms with E-state index in [-0.39, 0.29) is 12.0 Å². The lowest BCUT2D eigenvalue weighted by molar-refractivity contribution is -0.141. The minimum absolute atomic E-state index is 0.169. The molecule has 2 N–H and O–H groups in total. The molecule has 0 aromatic heterocycles. The molecule has 2 atom stereocenters. The predicted molar refractivity (Wildman–Crippen MR) is 70.3 cm³/mol. The summed E-state index contributed by atoms with van der Waals surface area (Å²) in [6.07, 6.45) is 0.680. The molecule has 1 aromatic rings. The summed E-state index contributed by atoms with van der Waals surface area (Å²) < 4.78 is 0. The summed E-state index contributed by atoms with van der Waals surface area (Å²) in [7, 11) is 4.08. The summed E-state index contributed by atoms with van der Waals surface area (Å²) in [6.45, 7) is 1.45. The van der Waals surface area contributed by atoms with Crippen molar-refractivity contribution in [2.45, 2.75) is 19.0 Å². The van der Waals surface area contributed by atoms with E-state index in [4.69, 9.17) is 5.11 Å². The molecule has 18 heavy (non-hydrogen) atoms. The third kappa shape index (κ3) is 2.89. The average Bonchev–Trinajstić information content (AvgIpc) is 2.78. The SMILES string of the molecule is CN(C)Cc1ccccc1C1CC(C(=O)O)CN1. The molecule has 98 valence electrons. The molecule has 0 saturated carbocycles. The lowest BCUT2D eigenvalue weighted by Crippen LogP contribution is -2.19. The Morgan fingerprint density at radius 2 is 2.17 bits per heavy atom. The van der Waals surface area contributed by atoms with E-state index in [1.807, 2.05) is 26.2 Å². The Bertz CT molecular complexity index is 432. The quantitative estimate of drug-likeness (QED) is 0.847. The molecule has 1 fully saturated rings. The monoisotopic (exact) mass is 248 g/mol. The summed E-state index contributed by atoms with van der Waals surface area (Å²) in [4.78, 5) is 13.1. The molecule has 0 spiro atoms. The van der Waals surface area contributed by atoms with Gasteiger partial charge >= 0.3 is 5.97 Å². The van der Waals surface area contributed by atoms with E-state index >= 15 is 0 Å². The van der Waals surface area contributed by atoms with E-state index in [2.05, 4.69) is 22.3 Å². The van der Waals surface area contributed by atoms with E-state index < -0.39 is 5.97 Å². The second-order valence-corrected chi connectivity index (χ2v) is 5.17. The van der Waals surface area contributed by atoms with Crippen LogP contribution in [0.25, 0.3) is 0 Å². The predicted octanol–water partition coefficient (Wildman–Crippen LogP) is 1.48. The van der Waals surface area contributed by atoms with Crippen LogP contribution in [-0.4, -0.2) is 36.6 Å². The number of nitrogens with one attached hydrogen (secondary N) is 1. The third-order valence-corrected chi connectivity index (χ3v) is 3.40. The van der Waals surface area contributed by atoms with Gasteiger partial charge < -0.3 is 15.3 Å². The van der Waals surface area contributed by atoms with Crippen LogP contribution in [0, 0.1) is 5.92 Å². The van der Waals surface area contributed by atoms with Gasteiger partial charge in [0.2, 0.25) is 0 Å². The zero-order chi connectivity index (χ0) is 13.1. The van der Waals surface area contributed by atoms with E-state index in [1.54, 1.807) is 0 Å². The van der Waals surface area contributed by atoms with Crippen LogP contribution in [0.3, 0.4) is 0 Å². The zero-order valence-corrected chi connectivity index (χ0v) is 10.9. The van der Waals surface area contributed by atoms with Crippen molar-refractivity contribution in [3.63, 3.8) is 0 Å².